The molecule has 0 unspecified atom stereocenters. The lowest BCUT2D eigenvalue weighted by Crippen LogP contribution is -2.30. The summed E-state index contributed by atoms with van der Waals surface area (Å²) in [6.07, 6.45) is 2.28. The molecule has 1 N–H and O–H groups in total. The number of H-pyrrole nitrogens is 1. The molecular formula is C11H13BrN4O2. The number of halogens is 1. The molecule has 2 amide bonds. The Bertz CT molecular complexity index is 523. The molecule has 2 heterocycles. The molecule has 7 heteroatoms. The average Bonchev–Trinajstić information content (AvgIpc) is 3.03. The number of aromatic amines is 1. The Morgan fingerprint density at radius 2 is 2.22 bits per heavy atom. The highest BCUT2D eigenvalue weighted by Crippen LogP contribution is 2.43. The van der Waals surface area contributed by atoms with Crippen molar-refractivity contribution in [2.75, 3.05) is 20.3 Å². The van der Waals surface area contributed by atoms with Gasteiger partial charge in [-0.25, -0.2) is 0 Å². The van der Waals surface area contributed by atoms with Crippen LogP contribution in [-0.4, -0.2) is 52.1 Å². The van der Waals surface area contributed by atoms with Gasteiger partial charge < -0.3 is 9.80 Å². The second kappa shape index (κ2) is 4.08. The number of hydrogen-bond donors (Lipinski definition) is 1. The lowest BCUT2D eigenvalue weighted by atomic mass is 10.2. The number of rotatable bonds is 2. The molecule has 0 spiro atoms. The minimum Gasteiger partial charge on any atom is -0.326 e. The van der Waals surface area contributed by atoms with E-state index in [1.165, 1.54) is 9.80 Å². The Labute approximate surface area is 112 Å². The molecule has 6 nitrogen and oxygen atoms in total. The van der Waals surface area contributed by atoms with Gasteiger partial charge in [0.05, 0.1) is 16.8 Å². The summed E-state index contributed by atoms with van der Waals surface area (Å²) in [6.45, 7) is 0.461. The van der Waals surface area contributed by atoms with Crippen molar-refractivity contribution in [3.63, 3.8) is 0 Å². The van der Waals surface area contributed by atoms with Crippen LogP contribution in [-0.2, 0) is 4.79 Å². The van der Waals surface area contributed by atoms with Gasteiger partial charge in [0.15, 0.2) is 5.69 Å². The van der Waals surface area contributed by atoms with Gasteiger partial charge in [-0.2, -0.15) is 5.10 Å². The van der Waals surface area contributed by atoms with Crippen molar-refractivity contribution in [1.29, 1.82) is 0 Å². The predicted molar refractivity (Wildman–Crippen MR) is 66.9 cm³/mol. The monoisotopic (exact) mass is 312 g/mol. The normalized spacial score (nSPS) is 19.8. The zero-order valence-corrected chi connectivity index (χ0v) is 11.5. The molecule has 1 saturated heterocycles. The summed E-state index contributed by atoms with van der Waals surface area (Å²) in [5, 5.41) is 7.00. The molecule has 2 aliphatic rings. The van der Waals surface area contributed by atoms with Gasteiger partial charge in [-0.3, -0.25) is 14.7 Å². The van der Waals surface area contributed by atoms with E-state index in [1.54, 1.807) is 7.05 Å². The van der Waals surface area contributed by atoms with E-state index in [9.17, 15) is 9.59 Å². The molecule has 0 atom stereocenters. The van der Waals surface area contributed by atoms with Crippen LogP contribution in [0.3, 0.4) is 0 Å². The zero-order valence-electron chi connectivity index (χ0n) is 9.94. The standard InChI is InChI=1S/C11H13BrN4O2/c1-15-5-16(4-7(15)17)11(18)10-8(12)9(13-14-10)6-2-3-6/h6H,2-5H2,1H3,(H,13,14). The first kappa shape index (κ1) is 11.7. The highest BCUT2D eigenvalue weighted by atomic mass is 79.9. The maximum Gasteiger partial charge on any atom is 0.277 e. The van der Waals surface area contributed by atoms with Crippen molar-refractivity contribution in [1.82, 2.24) is 20.0 Å². The topological polar surface area (TPSA) is 69.3 Å². The summed E-state index contributed by atoms with van der Waals surface area (Å²) in [5.74, 6) is 0.247. The van der Waals surface area contributed by atoms with Crippen LogP contribution >= 0.6 is 15.9 Å². The maximum absolute atomic E-state index is 12.2. The van der Waals surface area contributed by atoms with Crippen LogP contribution in [0.15, 0.2) is 4.47 Å². The first-order valence-electron chi connectivity index (χ1n) is 5.85. The molecule has 3 rings (SSSR count). The number of nitrogens with zero attached hydrogens (tertiary/aromatic N) is 3. The van der Waals surface area contributed by atoms with Crippen molar-refractivity contribution in [2.45, 2.75) is 18.8 Å². The molecule has 1 aliphatic carbocycles. The van der Waals surface area contributed by atoms with Gasteiger partial charge in [0.2, 0.25) is 5.91 Å². The molecule has 1 aliphatic heterocycles. The third kappa shape index (κ3) is 1.82. The fourth-order valence-electron chi connectivity index (χ4n) is 2.08. The number of aromatic nitrogens is 2. The van der Waals surface area contributed by atoms with Gasteiger partial charge >= 0.3 is 0 Å². The Kier molecular flexibility index (Phi) is 2.65. The summed E-state index contributed by atoms with van der Waals surface area (Å²) < 4.78 is 0.747. The highest BCUT2D eigenvalue weighted by molar-refractivity contribution is 9.10. The van der Waals surface area contributed by atoms with E-state index in [-0.39, 0.29) is 18.4 Å². The van der Waals surface area contributed by atoms with E-state index in [0.717, 1.165) is 23.0 Å². The SMILES string of the molecule is CN1CN(C(=O)c2n[nH]c(C3CC3)c2Br)CC1=O. The summed E-state index contributed by atoms with van der Waals surface area (Å²) in [6, 6.07) is 0. The van der Waals surface area contributed by atoms with Gasteiger partial charge in [-0.1, -0.05) is 0 Å². The van der Waals surface area contributed by atoms with E-state index in [4.69, 9.17) is 0 Å². The third-order valence-corrected chi connectivity index (χ3v) is 4.15. The number of amides is 2. The molecule has 0 radical (unpaired) electrons. The smallest absolute Gasteiger partial charge is 0.277 e. The molecule has 0 aromatic carbocycles. The van der Waals surface area contributed by atoms with Crippen LogP contribution in [0, 0.1) is 0 Å². The first-order chi connectivity index (χ1) is 8.58. The van der Waals surface area contributed by atoms with Crippen molar-refractivity contribution in [3.8, 4) is 0 Å². The largest absolute Gasteiger partial charge is 0.326 e. The quantitative estimate of drug-likeness (QED) is 0.883. The van der Waals surface area contributed by atoms with Gasteiger partial charge in [-0.05, 0) is 28.8 Å². The molecular weight excluding hydrogens is 300 g/mol. The average molecular weight is 313 g/mol. The summed E-state index contributed by atoms with van der Waals surface area (Å²) in [5.41, 5.74) is 1.37. The van der Waals surface area contributed by atoms with E-state index < -0.39 is 0 Å². The maximum atomic E-state index is 12.2. The first-order valence-corrected chi connectivity index (χ1v) is 6.64. The van der Waals surface area contributed by atoms with Crippen molar-refractivity contribution < 1.29 is 9.59 Å². The zero-order chi connectivity index (χ0) is 12.9. The Balaban J connectivity index is 1.82. The Morgan fingerprint density at radius 1 is 1.50 bits per heavy atom. The number of likely N-dealkylation sites (N-methyl/N-ethyl adjacent to an activating group) is 1. The summed E-state index contributed by atoms with van der Waals surface area (Å²) in [7, 11) is 1.69. The minimum atomic E-state index is -0.206. The Hall–Kier alpha value is -1.37. The van der Waals surface area contributed by atoms with E-state index >= 15 is 0 Å². The second-order valence-electron chi connectivity index (χ2n) is 4.81. The van der Waals surface area contributed by atoms with Gasteiger partial charge in [0.25, 0.3) is 5.91 Å². The third-order valence-electron chi connectivity index (χ3n) is 3.34. The fraction of sp³-hybridized carbons (Fsp3) is 0.545. The van der Waals surface area contributed by atoms with Crippen molar-refractivity contribution >= 4 is 27.7 Å². The van der Waals surface area contributed by atoms with Crippen LogP contribution in [0.25, 0.3) is 0 Å². The van der Waals surface area contributed by atoms with Gasteiger partial charge in [0, 0.05) is 13.0 Å². The van der Waals surface area contributed by atoms with Gasteiger partial charge in [0.1, 0.15) is 6.54 Å². The van der Waals surface area contributed by atoms with E-state index in [1.807, 2.05) is 0 Å². The summed E-state index contributed by atoms with van der Waals surface area (Å²) in [4.78, 5) is 26.7. The van der Waals surface area contributed by atoms with E-state index in [2.05, 4.69) is 26.1 Å². The van der Waals surface area contributed by atoms with Crippen molar-refractivity contribution in [3.05, 3.63) is 15.9 Å². The number of hydrogen-bond acceptors (Lipinski definition) is 3. The molecule has 1 aromatic heterocycles. The molecule has 0 bridgehead atoms. The van der Waals surface area contributed by atoms with E-state index in [0.29, 0.717) is 18.3 Å². The van der Waals surface area contributed by atoms with Crippen molar-refractivity contribution in [2.24, 2.45) is 0 Å². The molecule has 96 valence electrons. The summed E-state index contributed by atoms with van der Waals surface area (Å²) >= 11 is 3.43. The molecule has 2 fully saturated rings. The predicted octanol–water partition coefficient (Wildman–Crippen LogP) is 0.921. The lowest BCUT2D eigenvalue weighted by molar-refractivity contribution is -0.125. The van der Waals surface area contributed by atoms with Crippen LogP contribution in [0.5, 0.6) is 0 Å². The Morgan fingerprint density at radius 3 is 2.78 bits per heavy atom. The van der Waals surface area contributed by atoms with Crippen LogP contribution < -0.4 is 0 Å². The highest BCUT2D eigenvalue weighted by Gasteiger charge is 2.34. The second-order valence-corrected chi connectivity index (χ2v) is 5.60. The number of nitrogens with one attached hydrogen (secondary N) is 1. The van der Waals surface area contributed by atoms with Crippen LogP contribution in [0.2, 0.25) is 0 Å². The minimum absolute atomic E-state index is 0.0441. The molecule has 18 heavy (non-hydrogen) atoms. The number of carbonyl (C=O) groups is 2. The lowest BCUT2D eigenvalue weighted by Gasteiger charge is -2.13. The number of carbonyl (C=O) groups excluding carboxylic acids is 2. The van der Waals surface area contributed by atoms with Gasteiger partial charge in [-0.15, -0.1) is 0 Å². The van der Waals surface area contributed by atoms with Crippen LogP contribution in [0.1, 0.15) is 34.9 Å². The fourth-order valence-corrected chi connectivity index (χ4v) is 2.75. The molecule has 1 aromatic rings. The molecule has 1 saturated carbocycles. The van der Waals surface area contributed by atoms with Crippen LogP contribution in [0.4, 0.5) is 0 Å².